The number of ether oxygens (including phenoxy) is 1. The van der Waals surface area contributed by atoms with E-state index >= 15 is 0 Å². The van der Waals surface area contributed by atoms with Crippen LogP contribution in [0.3, 0.4) is 0 Å². The molecule has 0 spiro atoms. The molecule has 2 aromatic rings. The van der Waals surface area contributed by atoms with Gasteiger partial charge in [-0.1, -0.05) is 32.9 Å². The van der Waals surface area contributed by atoms with E-state index in [4.69, 9.17) is 10.00 Å². The molecular weight excluding hydrogens is 364 g/mol. The van der Waals surface area contributed by atoms with E-state index in [1.54, 1.807) is 13.8 Å². The van der Waals surface area contributed by atoms with Gasteiger partial charge in [-0.3, -0.25) is 9.59 Å². The number of nitrogens with one attached hydrogen (secondary N) is 1. The van der Waals surface area contributed by atoms with Crippen molar-refractivity contribution in [2.24, 2.45) is 0 Å². The summed E-state index contributed by atoms with van der Waals surface area (Å²) in [4.78, 5) is 26.8. The van der Waals surface area contributed by atoms with Gasteiger partial charge < -0.3 is 9.72 Å². The van der Waals surface area contributed by atoms with Crippen molar-refractivity contribution in [3.8, 4) is 6.07 Å². The van der Waals surface area contributed by atoms with Crippen molar-refractivity contribution in [2.45, 2.75) is 73.3 Å². The number of aromatic nitrogens is 1. The maximum absolute atomic E-state index is 12.3. The Hall–Kier alpha value is -2.87. The molecule has 5 nitrogen and oxygen atoms in total. The van der Waals surface area contributed by atoms with Crippen LogP contribution in [0.15, 0.2) is 16.9 Å². The zero-order chi connectivity index (χ0) is 21.9. The first-order chi connectivity index (χ1) is 13.5. The Labute approximate surface area is 172 Å². The van der Waals surface area contributed by atoms with E-state index in [2.05, 4.69) is 37.9 Å². The smallest absolute Gasteiger partial charge is 0.306 e. The second-order valence-electron chi connectivity index (χ2n) is 8.67. The zero-order valence-corrected chi connectivity index (χ0v) is 18.4. The third kappa shape index (κ3) is 5.14. The lowest BCUT2D eigenvalue weighted by atomic mass is 9.84. The molecule has 154 valence electrons. The zero-order valence-electron chi connectivity index (χ0n) is 18.4. The summed E-state index contributed by atoms with van der Waals surface area (Å²) in [7, 11) is 0. The molecule has 0 aliphatic rings. The molecule has 2 rings (SSSR count). The normalized spacial score (nSPS) is 11.2. The van der Waals surface area contributed by atoms with E-state index in [1.165, 1.54) is 5.56 Å². The van der Waals surface area contributed by atoms with Crippen LogP contribution in [0.1, 0.15) is 71.8 Å². The Kier molecular flexibility index (Phi) is 6.69. The van der Waals surface area contributed by atoms with Crippen molar-refractivity contribution >= 4 is 5.97 Å². The molecular formula is C24H30N2O3. The second-order valence-corrected chi connectivity index (χ2v) is 8.67. The number of H-pyrrole nitrogens is 1. The van der Waals surface area contributed by atoms with Crippen LogP contribution in [0.4, 0.5) is 0 Å². The first-order valence-corrected chi connectivity index (χ1v) is 9.84. The number of nitrogens with zero attached hydrogens (tertiary/aromatic N) is 1. The third-order valence-corrected chi connectivity index (χ3v) is 5.44. The molecule has 0 saturated heterocycles. The summed E-state index contributed by atoms with van der Waals surface area (Å²) in [5, 5.41) is 9.16. The highest BCUT2D eigenvalue weighted by Crippen LogP contribution is 2.27. The third-order valence-electron chi connectivity index (χ3n) is 5.44. The summed E-state index contributed by atoms with van der Waals surface area (Å²) in [5.74, 6) is -0.299. The van der Waals surface area contributed by atoms with Gasteiger partial charge in [0, 0.05) is 12.1 Å². The minimum Gasteiger partial charge on any atom is -0.461 e. The highest BCUT2D eigenvalue weighted by atomic mass is 16.5. The Morgan fingerprint density at radius 2 is 1.69 bits per heavy atom. The van der Waals surface area contributed by atoms with E-state index in [0.717, 1.165) is 22.3 Å². The maximum atomic E-state index is 12.3. The predicted octanol–water partition coefficient (Wildman–Crippen LogP) is 4.45. The van der Waals surface area contributed by atoms with E-state index in [1.807, 2.05) is 19.9 Å². The number of carbonyl (C=O) groups excluding carboxylic acids is 1. The van der Waals surface area contributed by atoms with E-state index in [-0.39, 0.29) is 30.0 Å². The molecule has 1 aromatic carbocycles. The van der Waals surface area contributed by atoms with Gasteiger partial charge in [-0.2, -0.15) is 5.26 Å². The van der Waals surface area contributed by atoms with Gasteiger partial charge in [-0.05, 0) is 72.9 Å². The second kappa shape index (κ2) is 8.65. The monoisotopic (exact) mass is 394 g/mol. The molecule has 29 heavy (non-hydrogen) atoms. The van der Waals surface area contributed by atoms with E-state index < -0.39 is 5.56 Å². The van der Waals surface area contributed by atoms with Gasteiger partial charge in [0.2, 0.25) is 0 Å². The van der Waals surface area contributed by atoms with E-state index in [0.29, 0.717) is 17.7 Å². The number of carbonyl (C=O) groups is 1. The lowest BCUT2D eigenvalue weighted by molar-refractivity contribution is -0.144. The van der Waals surface area contributed by atoms with Crippen LogP contribution >= 0.6 is 0 Å². The lowest BCUT2D eigenvalue weighted by Gasteiger charge is -2.22. The number of hydrogen-bond donors (Lipinski definition) is 1. The van der Waals surface area contributed by atoms with Gasteiger partial charge in [-0.25, -0.2) is 0 Å². The van der Waals surface area contributed by atoms with Crippen LogP contribution in [-0.4, -0.2) is 11.0 Å². The summed E-state index contributed by atoms with van der Waals surface area (Å²) >= 11 is 0. The molecule has 0 saturated carbocycles. The SMILES string of the molecule is Cc1cc(C(C)(C)C)cc(C)c1COC(=O)CCc1c(C)[nH]c(=O)c(C#N)c1C. The van der Waals surface area contributed by atoms with Gasteiger partial charge in [0.15, 0.2) is 0 Å². The fourth-order valence-electron chi connectivity index (χ4n) is 3.53. The largest absolute Gasteiger partial charge is 0.461 e. The van der Waals surface area contributed by atoms with Gasteiger partial charge in [0.05, 0.1) is 0 Å². The van der Waals surface area contributed by atoms with Gasteiger partial charge in [-0.15, -0.1) is 0 Å². The van der Waals surface area contributed by atoms with Crippen LogP contribution in [0.25, 0.3) is 0 Å². The average molecular weight is 395 g/mol. The number of esters is 1. The van der Waals surface area contributed by atoms with Crippen molar-refractivity contribution < 1.29 is 9.53 Å². The molecule has 0 fully saturated rings. The van der Waals surface area contributed by atoms with Crippen molar-refractivity contribution in [2.75, 3.05) is 0 Å². The van der Waals surface area contributed by atoms with Crippen LogP contribution in [-0.2, 0) is 28.0 Å². The van der Waals surface area contributed by atoms with Crippen molar-refractivity contribution in [1.29, 1.82) is 5.26 Å². The van der Waals surface area contributed by atoms with Gasteiger partial charge >= 0.3 is 5.97 Å². The van der Waals surface area contributed by atoms with E-state index in [9.17, 15) is 9.59 Å². The highest BCUT2D eigenvalue weighted by Gasteiger charge is 2.18. The van der Waals surface area contributed by atoms with Crippen molar-refractivity contribution in [1.82, 2.24) is 4.98 Å². The summed E-state index contributed by atoms with van der Waals surface area (Å²) in [6, 6.07) is 6.25. The fraction of sp³-hybridized carbons (Fsp3) is 0.458. The number of aryl methyl sites for hydroxylation is 3. The molecule has 5 heteroatoms. The average Bonchev–Trinajstić information content (AvgIpc) is 2.59. The lowest BCUT2D eigenvalue weighted by Crippen LogP contribution is -2.17. The summed E-state index contributed by atoms with van der Waals surface area (Å²) in [6.45, 7) is 14.4. The molecule has 0 bridgehead atoms. The first kappa shape index (κ1) is 22.4. The Balaban J connectivity index is 2.07. The number of rotatable bonds is 5. The number of aromatic amines is 1. The fourth-order valence-corrected chi connectivity index (χ4v) is 3.53. The molecule has 1 N–H and O–H groups in total. The Morgan fingerprint density at radius 1 is 1.10 bits per heavy atom. The van der Waals surface area contributed by atoms with Crippen LogP contribution in [0.2, 0.25) is 0 Å². The summed E-state index contributed by atoms with van der Waals surface area (Å²) in [5.41, 5.74) is 6.45. The Morgan fingerprint density at radius 3 is 2.21 bits per heavy atom. The molecule has 1 aromatic heterocycles. The van der Waals surface area contributed by atoms with Crippen LogP contribution in [0.5, 0.6) is 0 Å². The molecule has 0 radical (unpaired) electrons. The minimum absolute atomic E-state index is 0.0688. The maximum Gasteiger partial charge on any atom is 0.306 e. The number of benzene rings is 1. The molecule has 0 aliphatic carbocycles. The standard InChI is InChI=1S/C24H30N2O3/c1-14-10-18(24(5,6)7)11-15(2)21(14)13-29-22(27)9-8-19-16(3)20(12-25)23(28)26-17(19)4/h10-11H,8-9,13H2,1-7H3,(H,26,28). The molecule has 0 amide bonds. The minimum atomic E-state index is -0.390. The Bertz CT molecular complexity index is 1010. The molecule has 0 aliphatic heterocycles. The van der Waals surface area contributed by atoms with Gasteiger partial charge in [0.25, 0.3) is 5.56 Å². The van der Waals surface area contributed by atoms with Crippen molar-refractivity contribution in [3.63, 3.8) is 0 Å². The number of pyridine rings is 1. The quantitative estimate of drug-likeness (QED) is 0.759. The molecule has 0 atom stereocenters. The van der Waals surface area contributed by atoms with Gasteiger partial charge in [0.1, 0.15) is 18.2 Å². The number of hydrogen-bond acceptors (Lipinski definition) is 4. The first-order valence-electron chi connectivity index (χ1n) is 9.84. The van der Waals surface area contributed by atoms with Crippen LogP contribution in [0, 0.1) is 39.0 Å². The highest BCUT2D eigenvalue weighted by molar-refractivity contribution is 5.70. The predicted molar refractivity (Wildman–Crippen MR) is 114 cm³/mol. The van der Waals surface area contributed by atoms with Crippen molar-refractivity contribution in [3.05, 3.63) is 67.1 Å². The van der Waals surface area contributed by atoms with Crippen LogP contribution < -0.4 is 5.56 Å². The topological polar surface area (TPSA) is 83.0 Å². The summed E-state index contributed by atoms with van der Waals surface area (Å²) in [6.07, 6.45) is 0.611. The summed E-state index contributed by atoms with van der Waals surface area (Å²) < 4.78 is 5.52. The molecule has 1 heterocycles. The molecule has 0 unspecified atom stereocenters. The number of nitriles is 1.